The normalized spacial score (nSPS) is 14.1. The molecule has 1 aliphatic heterocycles. The molecule has 0 amide bonds. The van der Waals surface area contributed by atoms with Crippen LogP contribution in [0.1, 0.15) is 42.5 Å². The molecular weight excluding hydrogens is 298 g/mol. The second kappa shape index (κ2) is 8.13. The molecule has 1 aliphatic rings. The number of carbonyl (C=O) groups excluding carboxylic acids is 1. The Morgan fingerprint density at radius 1 is 1.35 bits per heavy atom. The van der Waals surface area contributed by atoms with E-state index in [4.69, 9.17) is 10.00 Å². The van der Waals surface area contributed by atoms with Gasteiger partial charge in [-0.25, -0.2) is 4.79 Å². The molecule has 1 aromatic carbocycles. The van der Waals surface area contributed by atoms with Crippen LogP contribution in [0.2, 0.25) is 0 Å². The number of hydrogen-bond donors (Lipinski definition) is 0. The summed E-state index contributed by atoms with van der Waals surface area (Å²) in [6.45, 7) is 1.71. The zero-order chi connectivity index (χ0) is 16.7. The highest BCUT2D eigenvalue weighted by atomic mass is 16.6. The van der Waals surface area contributed by atoms with Gasteiger partial charge in [0, 0.05) is 25.6 Å². The maximum Gasteiger partial charge on any atom is 0.338 e. The fourth-order valence-corrected chi connectivity index (χ4v) is 2.60. The van der Waals surface area contributed by atoms with Crippen molar-refractivity contribution in [1.29, 1.82) is 5.26 Å². The molecule has 7 heteroatoms. The Morgan fingerprint density at radius 2 is 2.09 bits per heavy atom. The first-order valence-electron chi connectivity index (χ1n) is 7.71. The lowest BCUT2D eigenvalue weighted by Gasteiger charge is -2.28. The Morgan fingerprint density at radius 3 is 2.74 bits per heavy atom. The molecule has 1 heterocycles. The molecular formula is C16H19N3O4. The van der Waals surface area contributed by atoms with Crippen LogP contribution in [0.4, 0.5) is 11.4 Å². The lowest BCUT2D eigenvalue weighted by atomic mass is 10.1. The topological polar surface area (TPSA) is 96.5 Å². The van der Waals surface area contributed by atoms with Gasteiger partial charge in [-0.1, -0.05) is 0 Å². The quantitative estimate of drug-likeness (QED) is 0.346. The van der Waals surface area contributed by atoms with Gasteiger partial charge < -0.3 is 9.64 Å². The second-order valence-corrected chi connectivity index (χ2v) is 5.41. The van der Waals surface area contributed by atoms with E-state index < -0.39 is 10.9 Å². The average Bonchev–Trinajstić information content (AvgIpc) is 2.58. The van der Waals surface area contributed by atoms with E-state index in [9.17, 15) is 14.9 Å². The van der Waals surface area contributed by atoms with E-state index in [0.717, 1.165) is 32.4 Å². The van der Waals surface area contributed by atoms with Crippen molar-refractivity contribution in [2.24, 2.45) is 0 Å². The van der Waals surface area contributed by atoms with Crippen LogP contribution in [0.15, 0.2) is 18.2 Å². The first kappa shape index (κ1) is 16.7. The molecule has 0 radical (unpaired) electrons. The summed E-state index contributed by atoms with van der Waals surface area (Å²) in [5.74, 6) is -0.601. The molecule has 23 heavy (non-hydrogen) atoms. The van der Waals surface area contributed by atoms with Gasteiger partial charge in [0.25, 0.3) is 5.69 Å². The van der Waals surface area contributed by atoms with Crippen LogP contribution in [0.3, 0.4) is 0 Å². The van der Waals surface area contributed by atoms with Crippen LogP contribution in [-0.4, -0.2) is 30.6 Å². The third-order valence-electron chi connectivity index (χ3n) is 3.77. The summed E-state index contributed by atoms with van der Waals surface area (Å²) in [4.78, 5) is 24.8. The van der Waals surface area contributed by atoms with E-state index >= 15 is 0 Å². The smallest absolute Gasteiger partial charge is 0.338 e. The predicted molar refractivity (Wildman–Crippen MR) is 84.3 cm³/mol. The van der Waals surface area contributed by atoms with E-state index in [-0.39, 0.29) is 17.9 Å². The molecule has 0 aliphatic carbocycles. The number of esters is 1. The Hall–Kier alpha value is -2.62. The number of nitro groups is 1. The molecule has 0 atom stereocenters. The van der Waals surface area contributed by atoms with Gasteiger partial charge in [-0.3, -0.25) is 10.1 Å². The number of nitrogens with zero attached hydrogens (tertiary/aromatic N) is 3. The minimum absolute atomic E-state index is 0.0709. The first-order chi connectivity index (χ1) is 11.1. The fourth-order valence-electron chi connectivity index (χ4n) is 2.60. The number of hydrogen-bond acceptors (Lipinski definition) is 6. The number of ether oxygens (including phenoxy) is 1. The van der Waals surface area contributed by atoms with Crippen molar-refractivity contribution >= 4 is 17.3 Å². The zero-order valence-corrected chi connectivity index (χ0v) is 12.9. The van der Waals surface area contributed by atoms with Crippen LogP contribution < -0.4 is 4.90 Å². The number of carbonyl (C=O) groups is 1. The van der Waals surface area contributed by atoms with Crippen LogP contribution in [0.5, 0.6) is 0 Å². The van der Waals surface area contributed by atoms with Crippen LogP contribution in [0, 0.1) is 21.4 Å². The predicted octanol–water partition coefficient (Wildman–Crippen LogP) is 3.05. The summed E-state index contributed by atoms with van der Waals surface area (Å²) in [7, 11) is 0. The molecule has 1 aromatic rings. The summed E-state index contributed by atoms with van der Waals surface area (Å²) in [6, 6.07) is 6.42. The van der Waals surface area contributed by atoms with Crippen molar-refractivity contribution in [3.05, 3.63) is 33.9 Å². The largest absolute Gasteiger partial charge is 0.462 e. The average molecular weight is 317 g/mol. The lowest BCUT2D eigenvalue weighted by Crippen LogP contribution is -2.30. The van der Waals surface area contributed by atoms with Gasteiger partial charge >= 0.3 is 5.97 Å². The number of rotatable bonds is 6. The number of nitro benzene ring substituents is 1. The van der Waals surface area contributed by atoms with Crippen molar-refractivity contribution in [2.75, 3.05) is 24.6 Å². The maximum atomic E-state index is 11.9. The number of unbranched alkanes of at least 4 members (excludes halogenated alkanes) is 1. The van der Waals surface area contributed by atoms with Gasteiger partial charge in [0.05, 0.1) is 23.2 Å². The number of piperidine rings is 1. The molecule has 0 unspecified atom stereocenters. The molecule has 0 saturated carbocycles. The van der Waals surface area contributed by atoms with Crippen molar-refractivity contribution in [2.45, 2.75) is 32.1 Å². The monoisotopic (exact) mass is 317 g/mol. The molecule has 0 aromatic heterocycles. The van der Waals surface area contributed by atoms with Crippen LogP contribution in [-0.2, 0) is 4.74 Å². The van der Waals surface area contributed by atoms with E-state index in [0.29, 0.717) is 18.5 Å². The highest BCUT2D eigenvalue weighted by molar-refractivity contribution is 5.91. The van der Waals surface area contributed by atoms with Crippen molar-refractivity contribution < 1.29 is 14.5 Å². The van der Waals surface area contributed by atoms with E-state index in [1.54, 1.807) is 12.1 Å². The molecule has 122 valence electrons. The molecule has 1 saturated heterocycles. The van der Waals surface area contributed by atoms with Crippen LogP contribution >= 0.6 is 0 Å². The Labute approximate surface area is 134 Å². The number of anilines is 1. The highest BCUT2D eigenvalue weighted by Crippen LogP contribution is 2.31. The van der Waals surface area contributed by atoms with Gasteiger partial charge in [-0.2, -0.15) is 5.26 Å². The first-order valence-corrected chi connectivity index (χ1v) is 7.71. The number of benzene rings is 1. The Balaban J connectivity index is 2.13. The summed E-state index contributed by atoms with van der Waals surface area (Å²) < 4.78 is 5.02. The molecule has 7 nitrogen and oxygen atoms in total. The lowest BCUT2D eigenvalue weighted by molar-refractivity contribution is -0.384. The molecule has 0 bridgehead atoms. The third-order valence-corrected chi connectivity index (χ3v) is 3.77. The number of nitriles is 1. The Kier molecular flexibility index (Phi) is 5.92. The summed E-state index contributed by atoms with van der Waals surface area (Å²) in [5.41, 5.74) is 0.642. The van der Waals surface area contributed by atoms with Crippen LogP contribution in [0.25, 0.3) is 0 Å². The van der Waals surface area contributed by atoms with Gasteiger partial charge in [0.15, 0.2) is 0 Å². The van der Waals surface area contributed by atoms with E-state index in [2.05, 4.69) is 0 Å². The molecule has 2 rings (SSSR count). The van der Waals surface area contributed by atoms with Crippen molar-refractivity contribution in [3.63, 3.8) is 0 Å². The molecule has 0 N–H and O–H groups in total. The minimum Gasteiger partial charge on any atom is -0.462 e. The molecule has 0 spiro atoms. The fraction of sp³-hybridized carbons (Fsp3) is 0.500. The summed E-state index contributed by atoms with van der Waals surface area (Å²) in [6.07, 6.45) is 3.93. The van der Waals surface area contributed by atoms with Crippen molar-refractivity contribution in [3.8, 4) is 6.07 Å². The Bertz CT molecular complexity index is 618. The zero-order valence-electron chi connectivity index (χ0n) is 12.9. The summed E-state index contributed by atoms with van der Waals surface area (Å²) in [5, 5.41) is 19.8. The molecule has 1 fully saturated rings. The van der Waals surface area contributed by atoms with E-state index in [1.165, 1.54) is 6.07 Å². The SMILES string of the molecule is N#CCCCOC(=O)c1ccc(N2CCCCC2)c([N+](=O)[O-])c1. The van der Waals surface area contributed by atoms with Gasteiger partial charge in [0.1, 0.15) is 5.69 Å². The van der Waals surface area contributed by atoms with E-state index in [1.807, 2.05) is 11.0 Å². The van der Waals surface area contributed by atoms with Crippen molar-refractivity contribution in [1.82, 2.24) is 0 Å². The summed E-state index contributed by atoms with van der Waals surface area (Å²) >= 11 is 0. The van der Waals surface area contributed by atoms with Gasteiger partial charge in [-0.05, 0) is 37.8 Å². The standard InChI is InChI=1S/C16H19N3O4/c17-8-2-5-11-23-16(20)13-6-7-14(15(12-13)19(21)22)18-9-3-1-4-10-18/h6-7,12H,1-5,9-11H2. The minimum atomic E-state index is -0.601. The second-order valence-electron chi connectivity index (χ2n) is 5.41. The third kappa shape index (κ3) is 4.42. The van der Waals surface area contributed by atoms with Gasteiger partial charge in [-0.15, -0.1) is 0 Å². The highest BCUT2D eigenvalue weighted by Gasteiger charge is 2.23. The van der Waals surface area contributed by atoms with Gasteiger partial charge in [0.2, 0.25) is 0 Å². The maximum absolute atomic E-state index is 11.9.